The van der Waals surface area contributed by atoms with Gasteiger partial charge in [-0.1, -0.05) is 39.0 Å². The lowest BCUT2D eigenvalue weighted by atomic mass is 9.92. The van der Waals surface area contributed by atoms with Crippen LogP contribution in [0.3, 0.4) is 0 Å². The number of benzene rings is 1. The highest BCUT2D eigenvalue weighted by Crippen LogP contribution is 2.27. The summed E-state index contributed by atoms with van der Waals surface area (Å²) in [6.07, 6.45) is 1.14. The van der Waals surface area contributed by atoms with Crippen molar-refractivity contribution in [2.24, 2.45) is 0 Å². The fraction of sp³-hybridized carbons (Fsp3) is 0.500. The second-order valence-corrected chi connectivity index (χ2v) is 7.33. The number of halogens is 1. The first-order chi connectivity index (χ1) is 10.4. The van der Waals surface area contributed by atoms with Gasteiger partial charge in [0, 0.05) is 36.4 Å². The number of aromatic nitrogens is 2. The number of H-pyrrole nitrogens is 1. The van der Waals surface area contributed by atoms with Crippen molar-refractivity contribution >= 4 is 18.1 Å². The molecule has 4 nitrogen and oxygen atoms in total. The number of fused-ring (bicyclic) bond motifs is 1. The van der Waals surface area contributed by atoms with E-state index in [4.69, 9.17) is 0 Å². The van der Waals surface area contributed by atoms with Gasteiger partial charge >= 0.3 is 0 Å². The Labute approximate surface area is 145 Å². The minimum Gasteiger partial charge on any atom is -0.384 e. The molecule has 0 atom stereocenters. The molecule has 0 radical (unpaired) electrons. The summed E-state index contributed by atoms with van der Waals surface area (Å²) in [5.41, 5.74) is 6.56. The zero-order chi connectivity index (χ0) is 15.7. The zero-order valence-corrected chi connectivity index (χ0v) is 15.3. The van der Waals surface area contributed by atoms with Gasteiger partial charge in [-0.05, 0) is 30.7 Å². The van der Waals surface area contributed by atoms with Crippen LogP contribution in [0.4, 0.5) is 5.69 Å². The highest BCUT2D eigenvalue weighted by atomic mass is 35.5. The van der Waals surface area contributed by atoms with Crippen LogP contribution < -0.4 is 5.32 Å². The third kappa shape index (κ3) is 4.06. The predicted molar refractivity (Wildman–Crippen MR) is 98.3 cm³/mol. The Kier molecular flexibility index (Phi) is 5.37. The average molecular weight is 335 g/mol. The van der Waals surface area contributed by atoms with E-state index in [-0.39, 0.29) is 17.8 Å². The fourth-order valence-electron chi connectivity index (χ4n) is 3.01. The lowest BCUT2D eigenvalue weighted by molar-refractivity contribution is 0.315. The van der Waals surface area contributed by atoms with Crippen molar-refractivity contribution in [1.82, 2.24) is 15.1 Å². The molecule has 0 amide bonds. The normalized spacial score (nSPS) is 13.6. The van der Waals surface area contributed by atoms with Crippen molar-refractivity contribution in [3.63, 3.8) is 0 Å². The van der Waals surface area contributed by atoms with Crippen molar-refractivity contribution in [1.29, 1.82) is 0 Å². The largest absolute Gasteiger partial charge is 0.384 e. The number of nitrogens with zero attached hydrogens (tertiary/aromatic N) is 2. The number of aromatic amines is 1. The Morgan fingerprint density at radius 1 is 1.22 bits per heavy atom. The summed E-state index contributed by atoms with van der Waals surface area (Å²) in [6.45, 7) is 9.46. The van der Waals surface area contributed by atoms with Crippen molar-refractivity contribution in [2.45, 2.75) is 45.7 Å². The Morgan fingerprint density at radius 3 is 2.70 bits per heavy atom. The number of para-hydroxylation sites is 1. The molecule has 0 fully saturated rings. The van der Waals surface area contributed by atoms with E-state index >= 15 is 0 Å². The van der Waals surface area contributed by atoms with Gasteiger partial charge in [0.1, 0.15) is 0 Å². The maximum atomic E-state index is 4.44. The van der Waals surface area contributed by atoms with E-state index in [1.54, 1.807) is 0 Å². The predicted octanol–water partition coefficient (Wildman–Crippen LogP) is 3.73. The lowest BCUT2D eigenvalue weighted by Crippen LogP contribution is -2.18. The molecule has 0 saturated heterocycles. The van der Waals surface area contributed by atoms with E-state index < -0.39 is 0 Å². The summed E-state index contributed by atoms with van der Waals surface area (Å²) in [7, 11) is 2.16. The molecule has 0 unspecified atom stereocenters. The van der Waals surface area contributed by atoms with Gasteiger partial charge in [-0.15, -0.1) is 12.4 Å². The molecule has 2 N–H and O–H groups in total. The molecule has 2 heterocycles. The summed E-state index contributed by atoms with van der Waals surface area (Å²) in [4.78, 5) is 2.33. The first kappa shape index (κ1) is 17.8. The molecule has 5 heteroatoms. The Balaban J connectivity index is 0.00000192. The van der Waals surface area contributed by atoms with Crippen molar-refractivity contribution in [3.05, 3.63) is 46.8 Å². The van der Waals surface area contributed by atoms with Crippen LogP contribution in [0.15, 0.2) is 24.3 Å². The smallest absolute Gasteiger partial charge is 0.0678 e. The molecule has 1 aromatic heterocycles. The number of rotatable bonds is 4. The van der Waals surface area contributed by atoms with E-state index in [1.807, 2.05) is 0 Å². The Bertz CT molecular complexity index is 657. The summed E-state index contributed by atoms with van der Waals surface area (Å²) in [5.74, 6) is 0. The SMILES string of the molecule is CN(Cc1cc(C(C)(C)C)n[nH]1)Cc1cccc2c1NCC2.Cl. The van der Waals surface area contributed by atoms with Gasteiger partial charge in [-0.25, -0.2) is 0 Å². The van der Waals surface area contributed by atoms with Crippen LogP contribution in [0.5, 0.6) is 0 Å². The van der Waals surface area contributed by atoms with Gasteiger partial charge in [-0.3, -0.25) is 10.00 Å². The lowest BCUT2D eigenvalue weighted by Gasteiger charge is -2.18. The third-order valence-electron chi connectivity index (χ3n) is 4.21. The minimum atomic E-state index is 0. The topological polar surface area (TPSA) is 44.0 Å². The Hall–Kier alpha value is -1.52. The van der Waals surface area contributed by atoms with E-state index in [1.165, 1.54) is 22.5 Å². The first-order valence-electron chi connectivity index (χ1n) is 8.01. The quantitative estimate of drug-likeness (QED) is 0.895. The van der Waals surface area contributed by atoms with Crippen LogP contribution in [-0.4, -0.2) is 28.7 Å². The van der Waals surface area contributed by atoms with E-state index in [2.05, 4.69) is 72.5 Å². The second-order valence-electron chi connectivity index (χ2n) is 7.33. The molecular formula is C18H27ClN4. The maximum Gasteiger partial charge on any atom is 0.0678 e. The van der Waals surface area contributed by atoms with Gasteiger partial charge in [0.2, 0.25) is 0 Å². The van der Waals surface area contributed by atoms with Gasteiger partial charge in [-0.2, -0.15) is 5.10 Å². The summed E-state index contributed by atoms with van der Waals surface area (Å²) < 4.78 is 0. The van der Waals surface area contributed by atoms with E-state index in [0.717, 1.165) is 31.7 Å². The third-order valence-corrected chi connectivity index (χ3v) is 4.21. The number of hydrogen-bond acceptors (Lipinski definition) is 3. The van der Waals surface area contributed by atoms with Crippen LogP contribution >= 0.6 is 12.4 Å². The van der Waals surface area contributed by atoms with Crippen molar-refractivity contribution < 1.29 is 0 Å². The summed E-state index contributed by atoms with van der Waals surface area (Å²) in [5, 5.41) is 11.1. The molecule has 126 valence electrons. The molecule has 0 saturated carbocycles. The monoisotopic (exact) mass is 334 g/mol. The van der Waals surface area contributed by atoms with Crippen LogP contribution in [0.2, 0.25) is 0 Å². The summed E-state index contributed by atoms with van der Waals surface area (Å²) in [6, 6.07) is 8.80. The molecule has 1 aliphatic heterocycles. The van der Waals surface area contributed by atoms with Crippen LogP contribution in [0.25, 0.3) is 0 Å². The van der Waals surface area contributed by atoms with Crippen LogP contribution in [0, 0.1) is 0 Å². The molecule has 2 aromatic rings. The number of nitrogens with one attached hydrogen (secondary N) is 2. The van der Waals surface area contributed by atoms with Crippen LogP contribution in [0.1, 0.15) is 43.3 Å². The summed E-state index contributed by atoms with van der Waals surface area (Å²) >= 11 is 0. The molecule has 1 aliphatic rings. The maximum absolute atomic E-state index is 4.44. The van der Waals surface area contributed by atoms with Gasteiger partial charge in [0.05, 0.1) is 5.69 Å². The highest BCUT2D eigenvalue weighted by molar-refractivity contribution is 5.85. The number of anilines is 1. The van der Waals surface area contributed by atoms with Gasteiger partial charge < -0.3 is 5.32 Å². The first-order valence-corrected chi connectivity index (χ1v) is 8.01. The fourth-order valence-corrected chi connectivity index (χ4v) is 3.01. The average Bonchev–Trinajstić information content (AvgIpc) is 3.06. The number of hydrogen-bond donors (Lipinski definition) is 2. The highest BCUT2D eigenvalue weighted by Gasteiger charge is 2.18. The van der Waals surface area contributed by atoms with Crippen LogP contribution in [-0.2, 0) is 24.9 Å². The van der Waals surface area contributed by atoms with Gasteiger partial charge in [0.25, 0.3) is 0 Å². The molecule has 3 rings (SSSR count). The minimum absolute atomic E-state index is 0. The molecular weight excluding hydrogens is 308 g/mol. The molecule has 0 aliphatic carbocycles. The van der Waals surface area contributed by atoms with E-state index in [0.29, 0.717) is 0 Å². The van der Waals surface area contributed by atoms with E-state index in [9.17, 15) is 0 Å². The van der Waals surface area contributed by atoms with Crippen molar-refractivity contribution in [2.75, 3.05) is 18.9 Å². The standard InChI is InChI=1S/C18H26N4.ClH/c1-18(2,3)16-10-15(20-21-16)12-22(4)11-14-7-5-6-13-8-9-19-17(13)14;/h5-7,10,19H,8-9,11-12H2,1-4H3,(H,20,21);1H. The molecule has 0 bridgehead atoms. The van der Waals surface area contributed by atoms with Crippen molar-refractivity contribution in [3.8, 4) is 0 Å². The zero-order valence-electron chi connectivity index (χ0n) is 14.4. The van der Waals surface area contributed by atoms with Gasteiger partial charge in [0.15, 0.2) is 0 Å². The second kappa shape index (κ2) is 6.93. The molecule has 1 aromatic carbocycles. The molecule has 0 spiro atoms. The Morgan fingerprint density at radius 2 is 2.00 bits per heavy atom. The molecule has 23 heavy (non-hydrogen) atoms.